The number of hydrogen-bond donors (Lipinski definition) is 1. The standard InChI is InChI=1S/C17H16ClNO4/c1-10(16(20)11-6-4-3-5-7-11)23-17(21)12-8-13(18)14(19)9-15(12)22-2/h3-10H,19H2,1-2H3/t10-/m1/s1. The zero-order valence-corrected chi connectivity index (χ0v) is 13.5. The highest BCUT2D eigenvalue weighted by Gasteiger charge is 2.23. The molecule has 6 heteroatoms. The Kier molecular flexibility index (Phi) is 5.24. The Bertz CT molecular complexity index is 731. The maximum absolute atomic E-state index is 12.3. The second-order valence-electron chi connectivity index (χ2n) is 4.85. The smallest absolute Gasteiger partial charge is 0.342 e. The van der Waals surface area contributed by atoms with E-state index in [-0.39, 0.29) is 27.8 Å². The van der Waals surface area contributed by atoms with Crippen LogP contribution in [-0.4, -0.2) is 25.0 Å². The molecule has 2 aromatic carbocycles. The first-order valence-corrected chi connectivity index (χ1v) is 7.25. The molecule has 2 rings (SSSR count). The molecule has 0 bridgehead atoms. The molecule has 120 valence electrons. The van der Waals surface area contributed by atoms with Crippen molar-refractivity contribution in [2.24, 2.45) is 0 Å². The number of nitrogen functional groups attached to an aromatic ring is 1. The van der Waals surface area contributed by atoms with Crippen LogP contribution in [0, 0.1) is 0 Å². The molecule has 0 saturated carbocycles. The average molecular weight is 334 g/mol. The first kappa shape index (κ1) is 16.8. The number of ketones is 1. The minimum absolute atomic E-state index is 0.111. The van der Waals surface area contributed by atoms with Crippen molar-refractivity contribution >= 4 is 29.0 Å². The summed E-state index contributed by atoms with van der Waals surface area (Å²) in [5.41, 5.74) is 6.54. The Balaban J connectivity index is 2.19. The fourth-order valence-electron chi connectivity index (χ4n) is 2.01. The molecule has 2 N–H and O–H groups in total. The van der Waals surface area contributed by atoms with Gasteiger partial charge >= 0.3 is 5.97 Å². The Morgan fingerprint density at radius 1 is 1.17 bits per heavy atom. The fourth-order valence-corrected chi connectivity index (χ4v) is 2.18. The first-order valence-electron chi connectivity index (χ1n) is 6.87. The van der Waals surface area contributed by atoms with Gasteiger partial charge in [-0.05, 0) is 13.0 Å². The number of benzene rings is 2. The molecular formula is C17H16ClNO4. The zero-order chi connectivity index (χ0) is 17.0. The van der Waals surface area contributed by atoms with Crippen molar-refractivity contribution in [2.45, 2.75) is 13.0 Å². The minimum atomic E-state index is -0.939. The van der Waals surface area contributed by atoms with Crippen molar-refractivity contribution in [2.75, 3.05) is 12.8 Å². The highest BCUT2D eigenvalue weighted by molar-refractivity contribution is 6.33. The molecule has 0 aliphatic carbocycles. The third kappa shape index (κ3) is 3.81. The quantitative estimate of drug-likeness (QED) is 0.515. The second kappa shape index (κ2) is 7.15. The van der Waals surface area contributed by atoms with Gasteiger partial charge in [0.25, 0.3) is 0 Å². The van der Waals surface area contributed by atoms with Gasteiger partial charge in [-0.1, -0.05) is 41.9 Å². The molecule has 0 aliphatic heterocycles. The highest BCUT2D eigenvalue weighted by atomic mass is 35.5. The summed E-state index contributed by atoms with van der Waals surface area (Å²) in [4.78, 5) is 24.5. The Labute approximate surface area is 139 Å². The molecule has 1 atom stereocenters. The van der Waals surface area contributed by atoms with E-state index in [1.54, 1.807) is 30.3 Å². The van der Waals surface area contributed by atoms with Crippen LogP contribution in [0.3, 0.4) is 0 Å². The number of halogens is 1. The van der Waals surface area contributed by atoms with Gasteiger partial charge in [0.05, 0.1) is 17.8 Å². The molecule has 0 saturated heterocycles. The van der Waals surface area contributed by atoms with Gasteiger partial charge < -0.3 is 15.2 Å². The fraction of sp³-hybridized carbons (Fsp3) is 0.176. The summed E-state index contributed by atoms with van der Waals surface area (Å²) in [6, 6.07) is 11.4. The molecule has 0 aliphatic rings. The van der Waals surface area contributed by atoms with Crippen LogP contribution in [0.25, 0.3) is 0 Å². The van der Waals surface area contributed by atoms with Crippen molar-refractivity contribution in [3.8, 4) is 5.75 Å². The number of methoxy groups -OCH3 is 1. The van der Waals surface area contributed by atoms with Crippen molar-refractivity contribution in [3.05, 3.63) is 58.6 Å². The van der Waals surface area contributed by atoms with E-state index >= 15 is 0 Å². The van der Waals surface area contributed by atoms with E-state index in [0.717, 1.165) is 0 Å². The molecule has 0 aromatic heterocycles. The van der Waals surface area contributed by atoms with Crippen LogP contribution in [-0.2, 0) is 4.74 Å². The number of carbonyl (C=O) groups is 2. The summed E-state index contributed by atoms with van der Waals surface area (Å²) in [5, 5.41) is 0.208. The Morgan fingerprint density at radius 3 is 2.43 bits per heavy atom. The number of Topliss-reactive ketones (excluding diaryl/α,β-unsaturated/α-hetero) is 1. The second-order valence-corrected chi connectivity index (χ2v) is 5.26. The van der Waals surface area contributed by atoms with Gasteiger partial charge in [-0.15, -0.1) is 0 Å². The molecule has 0 radical (unpaired) electrons. The molecule has 0 heterocycles. The lowest BCUT2D eigenvalue weighted by molar-refractivity contribution is 0.0316. The predicted molar refractivity (Wildman–Crippen MR) is 88.1 cm³/mol. The van der Waals surface area contributed by atoms with Gasteiger partial charge in [-0.25, -0.2) is 4.79 Å². The summed E-state index contributed by atoms with van der Waals surface area (Å²) >= 11 is 5.93. The minimum Gasteiger partial charge on any atom is -0.496 e. The topological polar surface area (TPSA) is 78.6 Å². The van der Waals surface area contributed by atoms with E-state index in [0.29, 0.717) is 5.56 Å². The molecule has 23 heavy (non-hydrogen) atoms. The molecule has 0 fully saturated rings. The molecule has 0 unspecified atom stereocenters. The summed E-state index contributed by atoms with van der Waals surface area (Å²) < 4.78 is 10.3. The third-order valence-electron chi connectivity index (χ3n) is 3.25. The van der Waals surface area contributed by atoms with Gasteiger partial charge in [0, 0.05) is 11.6 Å². The third-order valence-corrected chi connectivity index (χ3v) is 3.58. The molecule has 0 amide bonds. The van der Waals surface area contributed by atoms with E-state index in [1.165, 1.54) is 26.2 Å². The SMILES string of the molecule is COc1cc(N)c(Cl)cc1C(=O)O[C@H](C)C(=O)c1ccccc1. The number of ether oxygens (including phenoxy) is 2. The Morgan fingerprint density at radius 2 is 1.83 bits per heavy atom. The van der Waals surface area contributed by atoms with E-state index < -0.39 is 12.1 Å². The lowest BCUT2D eigenvalue weighted by atomic mass is 10.1. The van der Waals surface area contributed by atoms with E-state index in [2.05, 4.69) is 0 Å². The van der Waals surface area contributed by atoms with Gasteiger partial charge in [0.15, 0.2) is 6.10 Å². The Hall–Kier alpha value is -2.53. The number of hydrogen-bond acceptors (Lipinski definition) is 5. The van der Waals surface area contributed by atoms with Gasteiger partial charge in [0.2, 0.25) is 5.78 Å². The maximum Gasteiger partial charge on any atom is 0.342 e. The number of esters is 1. The van der Waals surface area contributed by atoms with Crippen LogP contribution in [0.15, 0.2) is 42.5 Å². The largest absolute Gasteiger partial charge is 0.496 e. The van der Waals surface area contributed by atoms with Crippen LogP contribution in [0.1, 0.15) is 27.6 Å². The van der Waals surface area contributed by atoms with E-state index in [9.17, 15) is 9.59 Å². The van der Waals surface area contributed by atoms with Crippen molar-refractivity contribution in [1.29, 1.82) is 0 Å². The average Bonchev–Trinajstić information content (AvgIpc) is 2.56. The monoisotopic (exact) mass is 333 g/mol. The van der Waals surface area contributed by atoms with E-state index in [1.807, 2.05) is 0 Å². The van der Waals surface area contributed by atoms with Crippen LogP contribution < -0.4 is 10.5 Å². The molecule has 5 nitrogen and oxygen atoms in total. The molecular weight excluding hydrogens is 318 g/mol. The zero-order valence-electron chi connectivity index (χ0n) is 12.7. The lowest BCUT2D eigenvalue weighted by Crippen LogP contribution is -2.24. The van der Waals surface area contributed by atoms with Crippen LogP contribution >= 0.6 is 11.6 Å². The number of rotatable bonds is 5. The van der Waals surface area contributed by atoms with Crippen LogP contribution in [0.4, 0.5) is 5.69 Å². The highest BCUT2D eigenvalue weighted by Crippen LogP contribution is 2.29. The molecule has 0 spiro atoms. The molecule has 2 aromatic rings. The van der Waals surface area contributed by atoms with E-state index in [4.69, 9.17) is 26.8 Å². The summed E-state index contributed by atoms with van der Waals surface area (Å²) in [6.07, 6.45) is -0.939. The summed E-state index contributed by atoms with van der Waals surface area (Å²) in [6.45, 7) is 1.51. The van der Waals surface area contributed by atoms with Gasteiger partial charge in [0.1, 0.15) is 11.3 Å². The van der Waals surface area contributed by atoms with Crippen molar-refractivity contribution < 1.29 is 19.1 Å². The number of anilines is 1. The number of nitrogens with two attached hydrogens (primary N) is 1. The van der Waals surface area contributed by atoms with Gasteiger partial charge in [-0.3, -0.25) is 4.79 Å². The number of carbonyl (C=O) groups excluding carboxylic acids is 2. The van der Waals surface area contributed by atoms with Crippen molar-refractivity contribution in [1.82, 2.24) is 0 Å². The first-order chi connectivity index (χ1) is 10.9. The summed E-state index contributed by atoms with van der Waals surface area (Å²) in [5.74, 6) is -0.767. The van der Waals surface area contributed by atoms with Crippen LogP contribution in [0.2, 0.25) is 5.02 Å². The van der Waals surface area contributed by atoms with Crippen LogP contribution in [0.5, 0.6) is 5.75 Å². The maximum atomic E-state index is 12.3. The van der Waals surface area contributed by atoms with Crippen molar-refractivity contribution in [3.63, 3.8) is 0 Å². The predicted octanol–water partition coefficient (Wildman–Crippen LogP) is 3.36. The normalized spacial score (nSPS) is 11.6. The summed E-state index contributed by atoms with van der Waals surface area (Å²) in [7, 11) is 1.40. The lowest BCUT2D eigenvalue weighted by Gasteiger charge is -2.14. The van der Waals surface area contributed by atoms with Gasteiger partial charge in [-0.2, -0.15) is 0 Å².